The average molecular weight is 266 g/mol. The number of benzene rings is 1. The molecule has 6 heteroatoms. The summed E-state index contributed by atoms with van der Waals surface area (Å²) < 4.78 is 18.0. The minimum atomic E-state index is -0.488. The zero-order chi connectivity index (χ0) is 13.0. The van der Waals surface area contributed by atoms with Crippen LogP contribution < -0.4 is 0 Å². The Balaban J connectivity index is 2.14. The number of rotatable bonds is 4. The van der Waals surface area contributed by atoms with Gasteiger partial charge >= 0.3 is 0 Å². The Hall–Kier alpha value is -1.93. The van der Waals surface area contributed by atoms with Crippen molar-refractivity contribution in [2.75, 3.05) is 0 Å². The fourth-order valence-electron chi connectivity index (χ4n) is 1.43. The lowest BCUT2D eigenvalue weighted by Gasteiger charge is -1.96. The van der Waals surface area contributed by atoms with Crippen LogP contribution in [0.15, 0.2) is 22.7 Å². The van der Waals surface area contributed by atoms with Crippen LogP contribution in [-0.2, 0) is 6.42 Å². The Morgan fingerprint density at radius 1 is 1.44 bits per heavy atom. The van der Waals surface area contributed by atoms with E-state index >= 15 is 0 Å². The molecular weight excluding hydrogens is 257 g/mol. The molecule has 2 rings (SSSR count). The summed E-state index contributed by atoms with van der Waals surface area (Å²) in [5.41, 5.74) is 0.594. The van der Waals surface area contributed by atoms with E-state index in [2.05, 4.69) is 10.1 Å². The van der Waals surface area contributed by atoms with Crippen molar-refractivity contribution in [3.05, 3.63) is 34.9 Å². The van der Waals surface area contributed by atoms with E-state index in [1.807, 2.05) is 6.07 Å². The third kappa shape index (κ3) is 2.84. The van der Waals surface area contributed by atoms with Gasteiger partial charge in [-0.25, -0.2) is 4.39 Å². The van der Waals surface area contributed by atoms with E-state index in [9.17, 15) is 4.39 Å². The Labute approximate surface area is 108 Å². The summed E-state index contributed by atoms with van der Waals surface area (Å²) in [6.07, 6.45) is 1.66. The number of unbranched alkanes of at least 4 members (excludes halogenated alkanes) is 1. The van der Waals surface area contributed by atoms with E-state index in [4.69, 9.17) is 21.4 Å². The van der Waals surface area contributed by atoms with Crippen LogP contribution in [-0.4, -0.2) is 10.1 Å². The standard InChI is InChI=1S/C12H9ClFN3O/c13-9-7-8(4-5-10(9)14)12-16-11(18-17-12)3-1-2-6-15/h4-5,7H,1-3H2. The van der Waals surface area contributed by atoms with Crippen molar-refractivity contribution in [2.24, 2.45) is 0 Å². The lowest BCUT2D eigenvalue weighted by Crippen LogP contribution is -1.86. The molecule has 0 aliphatic carbocycles. The van der Waals surface area contributed by atoms with Crippen LogP contribution >= 0.6 is 11.6 Å². The first-order valence-electron chi connectivity index (χ1n) is 5.35. The van der Waals surface area contributed by atoms with Crippen LogP contribution in [0.5, 0.6) is 0 Å². The smallest absolute Gasteiger partial charge is 0.226 e. The van der Waals surface area contributed by atoms with Crippen molar-refractivity contribution in [2.45, 2.75) is 19.3 Å². The molecule has 18 heavy (non-hydrogen) atoms. The Morgan fingerprint density at radius 2 is 2.28 bits per heavy atom. The van der Waals surface area contributed by atoms with Gasteiger partial charge in [0.1, 0.15) is 5.82 Å². The summed E-state index contributed by atoms with van der Waals surface area (Å²) >= 11 is 5.68. The van der Waals surface area contributed by atoms with E-state index in [1.54, 1.807) is 0 Å². The molecule has 0 aliphatic rings. The fraction of sp³-hybridized carbons (Fsp3) is 0.250. The van der Waals surface area contributed by atoms with Crippen molar-refractivity contribution in [1.29, 1.82) is 5.26 Å². The number of hydrogen-bond donors (Lipinski definition) is 0. The number of nitriles is 1. The molecule has 92 valence electrons. The maximum Gasteiger partial charge on any atom is 0.226 e. The maximum atomic E-state index is 13.0. The zero-order valence-corrected chi connectivity index (χ0v) is 10.1. The predicted molar refractivity (Wildman–Crippen MR) is 63.3 cm³/mol. The minimum absolute atomic E-state index is 0.0170. The molecule has 0 saturated carbocycles. The quantitative estimate of drug-likeness (QED) is 0.795. The van der Waals surface area contributed by atoms with Gasteiger partial charge in [0.15, 0.2) is 0 Å². The lowest BCUT2D eigenvalue weighted by atomic mass is 10.2. The largest absolute Gasteiger partial charge is 0.339 e. The zero-order valence-electron chi connectivity index (χ0n) is 9.36. The van der Waals surface area contributed by atoms with Gasteiger partial charge in [0.05, 0.1) is 11.1 Å². The van der Waals surface area contributed by atoms with E-state index < -0.39 is 5.82 Å². The first-order valence-corrected chi connectivity index (χ1v) is 5.73. The highest BCUT2D eigenvalue weighted by Gasteiger charge is 2.10. The molecule has 0 N–H and O–H groups in total. The first kappa shape index (κ1) is 12.5. The number of nitrogens with zero attached hydrogens (tertiary/aromatic N) is 3. The van der Waals surface area contributed by atoms with E-state index in [-0.39, 0.29) is 5.02 Å². The highest BCUT2D eigenvalue weighted by Crippen LogP contribution is 2.22. The molecule has 0 fully saturated rings. The van der Waals surface area contributed by atoms with Crippen LogP contribution in [0.25, 0.3) is 11.4 Å². The van der Waals surface area contributed by atoms with E-state index in [0.717, 1.165) is 0 Å². The summed E-state index contributed by atoms with van der Waals surface area (Å²) in [4.78, 5) is 4.15. The Morgan fingerprint density at radius 3 is 3.00 bits per heavy atom. The van der Waals surface area contributed by atoms with Crippen molar-refractivity contribution in [3.63, 3.8) is 0 Å². The van der Waals surface area contributed by atoms with Gasteiger partial charge in [0.25, 0.3) is 0 Å². The third-order valence-corrected chi connectivity index (χ3v) is 2.61. The maximum absolute atomic E-state index is 13.0. The molecule has 2 aromatic rings. The summed E-state index contributed by atoms with van der Waals surface area (Å²) in [6, 6.07) is 6.27. The molecule has 1 aromatic heterocycles. The van der Waals surface area contributed by atoms with E-state index in [0.29, 0.717) is 36.5 Å². The van der Waals surface area contributed by atoms with Gasteiger partial charge in [-0.2, -0.15) is 10.2 Å². The second-order valence-electron chi connectivity index (χ2n) is 3.65. The molecule has 1 aromatic carbocycles. The molecule has 4 nitrogen and oxygen atoms in total. The molecule has 0 atom stereocenters. The molecule has 0 aliphatic heterocycles. The normalized spacial score (nSPS) is 10.3. The Bertz CT molecular complexity index is 591. The van der Waals surface area contributed by atoms with Gasteiger partial charge in [-0.1, -0.05) is 16.8 Å². The molecule has 0 bridgehead atoms. The van der Waals surface area contributed by atoms with Gasteiger partial charge in [-0.3, -0.25) is 0 Å². The molecular formula is C12H9ClFN3O. The number of hydrogen-bond acceptors (Lipinski definition) is 4. The van der Waals surface area contributed by atoms with Gasteiger partial charge in [0, 0.05) is 18.4 Å². The summed E-state index contributed by atoms with van der Waals surface area (Å²) in [5, 5.41) is 12.2. The van der Waals surface area contributed by atoms with Crippen LogP contribution in [0.2, 0.25) is 5.02 Å². The van der Waals surface area contributed by atoms with Crippen LogP contribution in [0.3, 0.4) is 0 Å². The van der Waals surface area contributed by atoms with E-state index in [1.165, 1.54) is 18.2 Å². The van der Waals surface area contributed by atoms with Gasteiger partial charge in [0.2, 0.25) is 11.7 Å². The highest BCUT2D eigenvalue weighted by atomic mass is 35.5. The second-order valence-corrected chi connectivity index (χ2v) is 4.06. The fourth-order valence-corrected chi connectivity index (χ4v) is 1.61. The second kappa shape index (κ2) is 5.61. The van der Waals surface area contributed by atoms with Crippen molar-refractivity contribution >= 4 is 11.6 Å². The Kier molecular flexibility index (Phi) is 3.90. The van der Waals surface area contributed by atoms with Crippen LogP contribution in [0, 0.1) is 17.1 Å². The number of halogens is 2. The van der Waals surface area contributed by atoms with Crippen LogP contribution in [0.4, 0.5) is 4.39 Å². The lowest BCUT2D eigenvalue weighted by molar-refractivity contribution is 0.376. The number of aromatic nitrogens is 2. The predicted octanol–water partition coefficient (Wildman–Crippen LogP) is 3.38. The molecule has 0 unspecified atom stereocenters. The molecule has 0 amide bonds. The molecule has 1 heterocycles. The SMILES string of the molecule is N#CCCCc1nc(-c2ccc(F)c(Cl)c2)no1. The monoisotopic (exact) mass is 265 g/mol. The van der Waals surface area contributed by atoms with Crippen molar-refractivity contribution < 1.29 is 8.91 Å². The molecule has 0 spiro atoms. The van der Waals surface area contributed by atoms with Crippen molar-refractivity contribution in [3.8, 4) is 17.5 Å². The van der Waals surface area contributed by atoms with Crippen LogP contribution in [0.1, 0.15) is 18.7 Å². The summed E-state index contributed by atoms with van der Waals surface area (Å²) in [6.45, 7) is 0. The molecule has 0 saturated heterocycles. The molecule has 0 radical (unpaired) electrons. The highest BCUT2D eigenvalue weighted by molar-refractivity contribution is 6.31. The third-order valence-electron chi connectivity index (χ3n) is 2.33. The first-order chi connectivity index (χ1) is 8.70. The topological polar surface area (TPSA) is 62.7 Å². The van der Waals surface area contributed by atoms with Gasteiger partial charge < -0.3 is 4.52 Å². The summed E-state index contributed by atoms with van der Waals surface area (Å²) in [5.74, 6) is 0.336. The van der Waals surface area contributed by atoms with Gasteiger partial charge in [-0.05, 0) is 24.6 Å². The van der Waals surface area contributed by atoms with Gasteiger partial charge in [-0.15, -0.1) is 0 Å². The van der Waals surface area contributed by atoms with Crippen molar-refractivity contribution in [1.82, 2.24) is 10.1 Å². The minimum Gasteiger partial charge on any atom is -0.339 e. The summed E-state index contributed by atoms with van der Waals surface area (Å²) in [7, 11) is 0. The number of aryl methyl sites for hydroxylation is 1. The average Bonchev–Trinajstić information content (AvgIpc) is 2.82.